The number of hydrogen-bond donors (Lipinski definition) is 2. The van der Waals surface area contributed by atoms with Gasteiger partial charge in [0.15, 0.2) is 5.78 Å². The fraction of sp³-hybridized carbons (Fsp3) is 0.474. The summed E-state index contributed by atoms with van der Waals surface area (Å²) >= 11 is 0. The topological polar surface area (TPSA) is 61.4 Å². The number of rotatable bonds is 4. The van der Waals surface area contributed by atoms with Gasteiger partial charge in [0.05, 0.1) is 5.57 Å². The van der Waals surface area contributed by atoms with E-state index in [4.69, 9.17) is 0 Å². The first-order valence-electron chi connectivity index (χ1n) is 8.64. The molecule has 1 aromatic rings. The van der Waals surface area contributed by atoms with Crippen LogP contribution < -0.4 is 10.6 Å². The lowest BCUT2D eigenvalue weighted by Gasteiger charge is -2.31. The van der Waals surface area contributed by atoms with Gasteiger partial charge in [0.2, 0.25) is 0 Å². The molecular weight excluding hydrogens is 302 g/mol. The molecule has 0 atom stereocenters. The molecular formula is C19H25N3O2. The summed E-state index contributed by atoms with van der Waals surface area (Å²) in [6, 6.07) is 5.81. The van der Waals surface area contributed by atoms with Crippen LogP contribution in [0.5, 0.6) is 0 Å². The van der Waals surface area contributed by atoms with Crippen molar-refractivity contribution in [3.63, 3.8) is 0 Å². The summed E-state index contributed by atoms with van der Waals surface area (Å²) in [5.41, 5.74) is 3.93. The van der Waals surface area contributed by atoms with Crippen LogP contribution in [0.4, 0.5) is 5.69 Å². The first-order chi connectivity index (χ1) is 11.5. The second-order valence-corrected chi connectivity index (χ2v) is 6.70. The Labute approximate surface area is 143 Å². The molecule has 0 aromatic heterocycles. The average molecular weight is 327 g/mol. The van der Waals surface area contributed by atoms with E-state index in [0.717, 1.165) is 49.3 Å². The van der Waals surface area contributed by atoms with Crippen LogP contribution in [-0.2, 0) is 4.79 Å². The highest BCUT2D eigenvalue weighted by Gasteiger charge is 2.29. The van der Waals surface area contributed by atoms with Crippen LogP contribution >= 0.6 is 0 Å². The number of anilines is 1. The van der Waals surface area contributed by atoms with Crippen molar-refractivity contribution in [1.29, 1.82) is 0 Å². The summed E-state index contributed by atoms with van der Waals surface area (Å²) < 4.78 is 0. The standard InChI is InChI=1S/C19H25N3O2/c1-4-16(20-14-7-9-22(3)10-8-14)18-15-11-13(12(2)23)5-6-17(15)21-19(18)24/h5-6,11,14,20H,4,7-10H2,1-3H3,(H,21,24)/b18-16-. The van der Waals surface area contributed by atoms with Crippen molar-refractivity contribution in [2.75, 3.05) is 25.5 Å². The van der Waals surface area contributed by atoms with E-state index in [0.29, 0.717) is 17.2 Å². The molecule has 2 N–H and O–H groups in total. The van der Waals surface area contributed by atoms with Gasteiger partial charge in [-0.05, 0) is 64.5 Å². The molecule has 1 saturated heterocycles. The average Bonchev–Trinajstić information content (AvgIpc) is 2.89. The Balaban J connectivity index is 1.93. The van der Waals surface area contributed by atoms with Crippen molar-refractivity contribution in [3.05, 3.63) is 35.0 Å². The summed E-state index contributed by atoms with van der Waals surface area (Å²) in [5.74, 6) is -0.0687. The molecule has 1 amide bonds. The Bertz CT molecular complexity index is 701. The minimum absolute atomic E-state index is 0.0119. The lowest BCUT2D eigenvalue weighted by atomic mass is 9.98. The fourth-order valence-corrected chi connectivity index (χ4v) is 3.44. The van der Waals surface area contributed by atoms with Crippen molar-refractivity contribution in [3.8, 4) is 0 Å². The quantitative estimate of drug-likeness (QED) is 0.659. The second-order valence-electron chi connectivity index (χ2n) is 6.70. The molecule has 3 rings (SSSR count). The molecule has 0 unspecified atom stereocenters. The molecule has 1 fully saturated rings. The van der Waals surface area contributed by atoms with E-state index in [1.54, 1.807) is 13.0 Å². The number of carbonyl (C=O) groups excluding carboxylic acids is 2. The predicted molar refractivity (Wildman–Crippen MR) is 95.9 cm³/mol. The SMILES string of the molecule is CC/C(NC1CCN(C)CC1)=C1/C(=O)Nc2ccc(C(C)=O)cc21. The maximum Gasteiger partial charge on any atom is 0.258 e. The third-order valence-corrected chi connectivity index (χ3v) is 4.92. The molecule has 0 saturated carbocycles. The van der Waals surface area contributed by atoms with Gasteiger partial charge in [-0.15, -0.1) is 0 Å². The Morgan fingerprint density at radius 1 is 1.33 bits per heavy atom. The molecule has 0 bridgehead atoms. The van der Waals surface area contributed by atoms with Gasteiger partial charge in [-0.2, -0.15) is 0 Å². The maximum absolute atomic E-state index is 12.5. The molecule has 0 radical (unpaired) electrons. The molecule has 0 spiro atoms. The first-order valence-corrected chi connectivity index (χ1v) is 8.64. The zero-order valence-corrected chi connectivity index (χ0v) is 14.6. The minimum Gasteiger partial charge on any atom is -0.385 e. The molecule has 5 nitrogen and oxygen atoms in total. The van der Waals surface area contributed by atoms with Crippen molar-refractivity contribution < 1.29 is 9.59 Å². The van der Waals surface area contributed by atoms with E-state index in [1.807, 2.05) is 12.1 Å². The van der Waals surface area contributed by atoms with Crippen molar-refractivity contribution in [2.45, 2.75) is 39.2 Å². The largest absolute Gasteiger partial charge is 0.385 e. The summed E-state index contributed by atoms with van der Waals surface area (Å²) in [7, 11) is 2.14. The number of nitrogens with zero attached hydrogens (tertiary/aromatic N) is 1. The molecule has 24 heavy (non-hydrogen) atoms. The molecule has 2 heterocycles. The number of likely N-dealkylation sites (tertiary alicyclic amines) is 1. The second kappa shape index (κ2) is 6.77. The molecule has 5 heteroatoms. The zero-order chi connectivity index (χ0) is 17.3. The highest BCUT2D eigenvalue weighted by Crippen LogP contribution is 2.35. The summed E-state index contributed by atoms with van der Waals surface area (Å²) in [5, 5.41) is 6.51. The number of ketones is 1. The Kier molecular flexibility index (Phi) is 4.71. The number of piperidine rings is 1. The number of amides is 1. The molecule has 0 aliphatic carbocycles. The molecule has 2 aliphatic heterocycles. The summed E-state index contributed by atoms with van der Waals surface area (Å²) in [6.07, 6.45) is 2.92. The van der Waals surface area contributed by atoms with Gasteiger partial charge in [-0.25, -0.2) is 0 Å². The third-order valence-electron chi connectivity index (χ3n) is 4.92. The lowest BCUT2D eigenvalue weighted by molar-refractivity contribution is -0.110. The van der Waals surface area contributed by atoms with Crippen molar-refractivity contribution in [2.24, 2.45) is 0 Å². The molecule has 1 aromatic carbocycles. The van der Waals surface area contributed by atoms with Crippen LogP contribution in [0.3, 0.4) is 0 Å². The van der Waals surface area contributed by atoms with Gasteiger partial charge in [0, 0.05) is 28.6 Å². The number of carbonyl (C=O) groups is 2. The number of allylic oxidation sites excluding steroid dienone is 1. The minimum atomic E-state index is -0.0806. The summed E-state index contributed by atoms with van der Waals surface area (Å²) in [4.78, 5) is 26.5. The van der Waals surface area contributed by atoms with Gasteiger partial charge < -0.3 is 15.5 Å². The van der Waals surface area contributed by atoms with E-state index >= 15 is 0 Å². The van der Waals surface area contributed by atoms with Crippen molar-refractivity contribution in [1.82, 2.24) is 10.2 Å². The van der Waals surface area contributed by atoms with E-state index in [9.17, 15) is 9.59 Å². The van der Waals surface area contributed by atoms with Gasteiger partial charge >= 0.3 is 0 Å². The Morgan fingerprint density at radius 3 is 2.67 bits per heavy atom. The van der Waals surface area contributed by atoms with Gasteiger partial charge in [-0.1, -0.05) is 6.92 Å². The lowest BCUT2D eigenvalue weighted by Crippen LogP contribution is -2.40. The summed E-state index contributed by atoms with van der Waals surface area (Å²) in [6.45, 7) is 5.75. The number of fused-ring (bicyclic) bond motifs is 1. The van der Waals surface area contributed by atoms with E-state index < -0.39 is 0 Å². The van der Waals surface area contributed by atoms with Crippen LogP contribution in [0.1, 0.15) is 49.0 Å². The van der Waals surface area contributed by atoms with Crippen LogP contribution in [0.15, 0.2) is 23.9 Å². The fourth-order valence-electron chi connectivity index (χ4n) is 3.44. The number of Topliss-reactive ketones (excluding diaryl/α,β-unsaturated/α-hetero) is 1. The van der Waals surface area contributed by atoms with E-state index in [1.165, 1.54) is 0 Å². The zero-order valence-electron chi connectivity index (χ0n) is 14.6. The smallest absolute Gasteiger partial charge is 0.258 e. The highest BCUT2D eigenvalue weighted by atomic mass is 16.2. The number of benzene rings is 1. The maximum atomic E-state index is 12.5. The van der Waals surface area contributed by atoms with Crippen LogP contribution in [-0.4, -0.2) is 42.8 Å². The highest BCUT2D eigenvalue weighted by molar-refractivity contribution is 6.32. The monoisotopic (exact) mass is 327 g/mol. The normalized spacial score (nSPS) is 20.5. The van der Waals surface area contributed by atoms with Gasteiger partial charge in [0.25, 0.3) is 5.91 Å². The van der Waals surface area contributed by atoms with Gasteiger partial charge in [-0.3, -0.25) is 9.59 Å². The predicted octanol–water partition coefficient (Wildman–Crippen LogP) is 2.65. The Morgan fingerprint density at radius 2 is 2.04 bits per heavy atom. The van der Waals surface area contributed by atoms with E-state index in [2.05, 4.69) is 29.5 Å². The molecule has 2 aliphatic rings. The van der Waals surface area contributed by atoms with E-state index in [-0.39, 0.29) is 11.7 Å². The number of hydrogen-bond acceptors (Lipinski definition) is 4. The Hall–Kier alpha value is -2.14. The van der Waals surface area contributed by atoms with Gasteiger partial charge in [0.1, 0.15) is 0 Å². The number of nitrogens with one attached hydrogen (secondary N) is 2. The third kappa shape index (κ3) is 3.22. The van der Waals surface area contributed by atoms with Crippen molar-refractivity contribution >= 4 is 23.0 Å². The van der Waals surface area contributed by atoms with Crippen LogP contribution in [0.2, 0.25) is 0 Å². The first kappa shape index (κ1) is 16.7. The van der Waals surface area contributed by atoms with Crippen LogP contribution in [0.25, 0.3) is 5.57 Å². The molecule has 128 valence electrons. The van der Waals surface area contributed by atoms with Crippen LogP contribution in [0, 0.1) is 0 Å².